The van der Waals surface area contributed by atoms with Gasteiger partial charge in [-0.1, -0.05) is 6.92 Å². The molecule has 0 saturated heterocycles. The minimum absolute atomic E-state index is 0.00963. The number of pyridine rings is 1. The third kappa shape index (κ3) is 3.32. The topological polar surface area (TPSA) is 59.2 Å². The van der Waals surface area contributed by atoms with Gasteiger partial charge >= 0.3 is 0 Å². The summed E-state index contributed by atoms with van der Waals surface area (Å²) < 4.78 is 0. The minimum Gasteiger partial charge on any atom is -0.337 e. The second kappa shape index (κ2) is 6.14. The predicted octanol–water partition coefficient (Wildman–Crippen LogP) is 0.892. The molecule has 0 unspecified atom stereocenters. The van der Waals surface area contributed by atoms with Gasteiger partial charge in [0.2, 0.25) is 0 Å². The smallest absolute Gasteiger partial charge is 0.255 e. The first-order chi connectivity index (χ1) is 7.29. The zero-order valence-electron chi connectivity index (χ0n) is 9.02. The van der Waals surface area contributed by atoms with Gasteiger partial charge in [0.05, 0.1) is 5.56 Å². The first-order valence-corrected chi connectivity index (χ1v) is 5.19. The van der Waals surface area contributed by atoms with E-state index in [0.717, 1.165) is 13.0 Å². The molecule has 2 N–H and O–H groups in total. The Bertz CT molecular complexity index is 294. The fraction of sp³-hybridized carbons (Fsp3) is 0.455. The minimum atomic E-state index is 0.00963. The van der Waals surface area contributed by atoms with Gasteiger partial charge in [0.1, 0.15) is 0 Å². The lowest BCUT2D eigenvalue weighted by atomic mass is 10.2. The van der Waals surface area contributed by atoms with Gasteiger partial charge in [-0.3, -0.25) is 9.78 Å². The molecule has 1 rings (SSSR count). The van der Waals surface area contributed by atoms with Crippen molar-refractivity contribution in [3.63, 3.8) is 0 Å². The van der Waals surface area contributed by atoms with Crippen molar-refractivity contribution in [1.82, 2.24) is 9.88 Å². The van der Waals surface area contributed by atoms with Crippen LogP contribution in [-0.2, 0) is 0 Å². The van der Waals surface area contributed by atoms with E-state index in [1.807, 2.05) is 6.92 Å². The molecular weight excluding hydrogens is 190 g/mol. The fourth-order valence-corrected chi connectivity index (χ4v) is 1.41. The number of nitrogens with two attached hydrogens (primary N) is 1. The Labute approximate surface area is 90.1 Å². The average Bonchev–Trinajstić information content (AvgIpc) is 2.29. The molecule has 1 amide bonds. The van der Waals surface area contributed by atoms with Gasteiger partial charge in [-0.2, -0.15) is 0 Å². The number of carbonyl (C=O) groups is 1. The molecule has 0 atom stereocenters. The van der Waals surface area contributed by atoms with Crippen molar-refractivity contribution < 1.29 is 4.79 Å². The molecule has 1 heterocycles. The van der Waals surface area contributed by atoms with E-state index in [0.29, 0.717) is 18.7 Å². The van der Waals surface area contributed by atoms with Gasteiger partial charge in [0, 0.05) is 32.0 Å². The van der Waals surface area contributed by atoms with Crippen molar-refractivity contribution in [2.45, 2.75) is 13.3 Å². The van der Waals surface area contributed by atoms with Crippen LogP contribution in [0.3, 0.4) is 0 Å². The maximum absolute atomic E-state index is 12.0. The van der Waals surface area contributed by atoms with Crippen LogP contribution in [0, 0.1) is 0 Å². The van der Waals surface area contributed by atoms with E-state index in [-0.39, 0.29) is 5.91 Å². The molecule has 0 saturated carbocycles. The number of nitrogens with zero attached hydrogens (tertiary/aromatic N) is 2. The molecule has 0 bridgehead atoms. The molecule has 0 fully saturated rings. The molecule has 4 nitrogen and oxygen atoms in total. The SMILES string of the molecule is CCCN(CCN)C(=O)c1cccnc1. The molecule has 0 aliphatic rings. The third-order valence-corrected chi connectivity index (χ3v) is 2.09. The van der Waals surface area contributed by atoms with Gasteiger partial charge in [0.25, 0.3) is 5.91 Å². The normalized spacial score (nSPS) is 10.0. The van der Waals surface area contributed by atoms with E-state index >= 15 is 0 Å². The molecule has 0 radical (unpaired) electrons. The van der Waals surface area contributed by atoms with Crippen LogP contribution in [0.1, 0.15) is 23.7 Å². The van der Waals surface area contributed by atoms with Crippen molar-refractivity contribution in [2.24, 2.45) is 5.73 Å². The summed E-state index contributed by atoms with van der Waals surface area (Å²) in [6.07, 6.45) is 4.18. The summed E-state index contributed by atoms with van der Waals surface area (Å²) in [5, 5.41) is 0. The van der Waals surface area contributed by atoms with Crippen molar-refractivity contribution in [1.29, 1.82) is 0 Å². The lowest BCUT2D eigenvalue weighted by molar-refractivity contribution is 0.0760. The Morgan fingerprint density at radius 2 is 2.33 bits per heavy atom. The Morgan fingerprint density at radius 1 is 1.53 bits per heavy atom. The number of hydrogen-bond donors (Lipinski definition) is 1. The van der Waals surface area contributed by atoms with E-state index in [9.17, 15) is 4.79 Å². The molecule has 0 aromatic carbocycles. The summed E-state index contributed by atoms with van der Waals surface area (Å²) in [6.45, 7) is 3.87. The number of carbonyl (C=O) groups excluding carboxylic acids is 1. The Balaban J connectivity index is 2.71. The molecular formula is C11H17N3O. The quantitative estimate of drug-likeness (QED) is 0.780. The van der Waals surface area contributed by atoms with Crippen LogP contribution in [0.2, 0.25) is 0 Å². The summed E-state index contributed by atoms with van der Waals surface area (Å²) in [5.41, 5.74) is 6.09. The van der Waals surface area contributed by atoms with Gasteiger partial charge in [-0.25, -0.2) is 0 Å². The number of hydrogen-bond acceptors (Lipinski definition) is 3. The van der Waals surface area contributed by atoms with Crippen LogP contribution < -0.4 is 5.73 Å². The Hall–Kier alpha value is -1.42. The summed E-state index contributed by atoms with van der Waals surface area (Å²) in [5.74, 6) is 0.00963. The monoisotopic (exact) mass is 207 g/mol. The molecule has 0 aliphatic carbocycles. The molecule has 82 valence electrons. The van der Waals surface area contributed by atoms with Crippen LogP contribution in [0.25, 0.3) is 0 Å². The maximum atomic E-state index is 12.0. The van der Waals surface area contributed by atoms with Crippen LogP contribution >= 0.6 is 0 Å². The highest BCUT2D eigenvalue weighted by Gasteiger charge is 2.13. The van der Waals surface area contributed by atoms with Crippen molar-refractivity contribution >= 4 is 5.91 Å². The standard InChI is InChI=1S/C11H17N3O/c1-2-7-14(8-5-12)11(15)10-4-3-6-13-9-10/h3-4,6,9H,2,5,7-8,12H2,1H3. The van der Waals surface area contributed by atoms with Crippen molar-refractivity contribution in [3.05, 3.63) is 30.1 Å². The number of aromatic nitrogens is 1. The first-order valence-electron chi connectivity index (χ1n) is 5.19. The number of rotatable bonds is 5. The first kappa shape index (κ1) is 11.7. The lowest BCUT2D eigenvalue weighted by Crippen LogP contribution is -2.35. The van der Waals surface area contributed by atoms with Crippen LogP contribution in [-0.4, -0.2) is 35.4 Å². The molecule has 1 aromatic heterocycles. The van der Waals surface area contributed by atoms with Gasteiger partial charge in [0.15, 0.2) is 0 Å². The van der Waals surface area contributed by atoms with Crippen molar-refractivity contribution in [3.8, 4) is 0 Å². The Morgan fingerprint density at radius 3 is 2.87 bits per heavy atom. The molecule has 1 aromatic rings. The van der Waals surface area contributed by atoms with E-state index < -0.39 is 0 Å². The summed E-state index contributed by atoms with van der Waals surface area (Å²) in [4.78, 5) is 17.6. The van der Waals surface area contributed by atoms with Gasteiger partial charge < -0.3 is 10.6 Å². The highest BCUT2D eigenvalue weighted by atomic mass is 16.2. The van der Waals surface area contributed by atoms with E-state index in [4.69, 9.17) is 5.73 Å². The van der Waals surface area contributed by atoms with E-state index in [1.165, 1.54) is 0 Å². The van der Waals surface area contributed by atoms with Gasteiger partial charge in [-0.15, -0.1) is 0 Å². The largest absolute Gasteiger partial charge is 0.337 e. The van der Waals surface area contributed by atoms with Gasteiger partial charge in [-0.05, 0) is 18.6 Å². The fourth-order valence-electron chi connectivity index (χ4n) is 1.41. The zero-order valence-corrected chi connectivity index (χ0v) is 9.02. The molecule has 4 heteroatoms. The maximum Gasteiger partial charge on any atom is 0.255 e. The summed E-state index contributed by atoms with van der Waals surface area (Å²) in [7, 11) is 0. The molecule has 15 heavy (non-hydrogen) atoms. The second-order valence-electron chi connectivity index (χ2n) is 3.32. The molecule has 0 aliphatic heterocycles. The highest BCUT2D eigenvalue weighted by molar-refractivity contribution is 5.93. The van der Waals surface area contributed by atoms with Crippen LogP contribution in [0.15, 0.2) is 24.5 Å². The van der Waals surface area contributed by atoms with Crippen LogP contribution in [0.5, 0.6) is 0 Å². The second-order valence-corrected chi connectivity index (χ2v) is 3.32. The van der Waals surface area contributed by atoms with E-state index in [1.54, 1.807) is 29.4 Å². The summed E-state index contributed by atoms with van der Waals surface area (Å²) >= 11 is 0. The predicted molar refractivity (Wildman–Crippen MR) is 59.5 cm³/mol. The van der Waals surface area contributed by atoms with Crippen molar-refractivity contribution in [2.75, 3.05) is 19.6 Å². The highest BCUT2D eigenvalue weighted by Crippen LogP contribution is 2.03. The third-order valence-electron chi connectivity index (χ3n) is 2.09. The summed E-state index contributed by atoms with van der Waals surface area (Å²) in [6, 6.07) is 3.54. The lowest BCUT2D eigenvalue weighted by Gasteiger charge is -2.21. The number of amides is 1. The van der Waals surface area contributed by atoms with E-state index in [2.05, 4.69) is 4.98 Å². The zero-order chi connectivity index (χ0) is 11.1. The Kier molecular flexibility index (Phi) is 4.77. The molecule has 0 spiro atoms. The van der Waals surface area contributed by atoms with Crippen LogP contribution in [0.4, 0.5) is 0 Å². The average molecular weight is 207 g/mol.